The first-order valence-electron chi connectivity index (χ1n) is 11.0. The van der Waals surface area contributed by atoms with E-state index in [0.717, 1.165) is 0 Å². The number of aromatic nitrogens is 3. The molecule has 0 spiro atoms. The minimum atomic E-state index is -0.428. The summed E-state index contributed by atoms with van der Waals surface area (Å²) in [6, 6.07) is 13.6. The molecule has 1 atom stereocenters. The van der Waals surface area contributed by atoms with Crippen molar-refractivity contribution in [3.05, 3.63) is 77.6 Å². The predicted molar refractivity (Wildman–Crippen MR) is 139 cm³/mol. The van der Waals surface area contributed by atoms with E-state index >= 15 is 0 Å². The molecular weight excluding hydrogens is 486 g/mol. The molecule has 10 heteroatoms. The van der Waals surface area contributed by atoms with Gasteiger partial charge in [-0.05, 0) is 30.2 Å². The minimum absolute atomic E-state index is 0.0147. The lowest BCUT2D eigenvalue weighted by molar-refractivity contribution is -0.113. The zero-order chi connectivity index (χ0) is 25.4. The molecular formula is C25H28ClN5O3S. The number of anilines is 1. The second-order valence-corrected chi connectivity index (χ2v) is 9.30. The maximum absolute atomic E-state index is 12.9. The summed E-state index contributed by atoms with van der Waals surface area (Å²) >= 11 is 7.46. The Labute approximate surface area is 214 Å². The van der Waals surface area contributed by atoms with Crippen LogP contribution in [0.15, 0.2) is 66.3 Å². The van der Waals surface area contributed by atoms with Crippen LogP contribution in [0, 0.1) is 5.92 Å². The third kappa shape index (κ3) is 6.64. The van der Waals surface area contributed by atoms with Crippen molar-refractivity contribution in [3.63, 3.8) is 0 Å². The molecule has 1 unspecified atom stereocenters. The van der Waals surface area contributed by atoms with Crippen LogP contribution in [0.5, 0.6) is 5.75 Å². The molecule has 0 bridgehead atoms. The second-order valence-electron chi connectivity index (χ2n) is 7.95. The lowest BCUT2D eigenvalue weighted by Gasteiger charge is -2.23. The first kappa shape index (κ1) is 26.3. The fourth-order valence-corrected chi connectivity index (χ4v) is 4.37. The predicted octanol–water partition coefficient (Wildman–Crippen LogP) is 4.98. The number of para-hydroxylation sites is 2. The van der Waals surface area contributed by atoms with Gasteiger partial charge in [0.1, 0.15) is 5.75 Å². The molecule has 35 heavy (non-hydrogen) atoms. The third-order valence-electron chi connectivity index (χ3n) is 5.12. The number of benzene rings is 2. The number of allylic oxidation sites excluding steroid dienone is 1. The fraction of sp³-hybridized carbons (Fsp3) is 0.280. The van der Waals surface area contributed by atoms with E-state index in [4.69, 9.17) is 16.3 Å². The lowest BCUT2D eigenvalue weighted by atomic mass is 10.0. The van der Waals surface area contributed by atoms with Crippen LogP contribution < -0.4 is 15.4 Å². The number of amides is 2. The summed E-state index contributed by atoms with van der Waals surface area (Å²) in [4.78, 5) is 25.5. The van der Waals surface area contributed by atoms with Gasteiger partial charge in [-0.25, -0.2) is 0 Å². The SMILES string of the molecule is C=CCn1c(SCC(=O)Nc2ccccc2OC)nnc1C(NC(=O)c1ccccc1Cl)C(C)C. The third-order valence-corrected chi connectivity index (χ3v) is 6.42. The normalized spacial score (nSPS) is 11.7. The van der Waals surface area contributed by atoms with Gasteiger partial charge in [-0.2, -0.15) is 0 Å². The number of carbonyl (C=O) groups excluding carboxylic acids is 2. The molecule has 0 saturated heterocycles. The van der Waals surface area contributed by atoms with Gasteiger partial charge in [0.2, 0.25) is 5.91 Å². The summed E-state index contributed by atoms with van der Waals surface area (Å²) in [7, 11) is 1.55. The number of carbonyl (C=O) groups is 2. The average Bonchev–Trinajstić information content (AvgIpc) is 3.23. The molecule has 0 aliphatic rings. The quantitative estimate of drug-likeness (QED) is 0.277. The standard InChI is InChI=1S/C25H28ClN5O3S/c1-5-14-31-23(22(16(2)3)28-24(33)17-10-6-7-11-18(17)26)29-30-25(31)35-15-21(32)27-19-12-8-9-13-20(19)34-4/h5-13,16,22H,1,14-15H2,2-4H3,(H,27,32)(H,28,33). The summed E-state index contributed by atoms with van der Waals surface area (Å²) in [5, 5.41) is 15.5. The Morgan fingerprint density at radius 2 is 1.89 bits per heavy atom. The van der Waals surface area contributed by atoms with Gasteiger partial charge in [0.15, 0.2) is 11.0 Å². The van der Waals surface area contributed by atoms with Crippen LogP contribution in [0.1, 0.15) is 36.1 Å². The Bertz CT molecular complexity index is 1200. The molecule has 2 amide bonds. The zero-order valence-corrected chi connectivity index (χ0v) is 21.4. The summed E-state index contributed by atoms with van der Waals surface area (Å²) in [5.41, 5.74) is 0.980. The summed E-state index contributed by atoms with van der Waals surface area (Å²) in [6.07, 6.45) is 1.72. The van der Waals surface area contributed by atoms with Crippen LogP contribution >= 0.6 is 23.4 Å². The topological polar surface area (TPSA) is 98.1 Å². The van der Waals surface area contributed by atoms with Crippen molar-refractivity contribution >= 4 is 40.9 Å². The molecule has 1 aromatic heterocycles. The second kappa shape index (κ2) is 12.4. The Balaban J connectivity index is 1.77. The smallest absolute Gasteiger partial charge is 0.253 e. The highest BCUT2D eigenvalue weighted by Gasteiger charge is 2.27. The Kier molecular flexibility index (Phi) is 9.33. The maximum atomic E-state index is 12.9. The molecule has 1 heterocycles. The molecule has 0 saturated carbocycles. The van der Waals surface area contributed by atoms with Gasteiger partial charge in [-0.3, -0.25) is 9.59 Å². The molecule has 0 radical (unpaired) electrons. The maximum Gasteiger partial charge on any atom is 0.253 e. The van der Waals surface area contributed by atoms with E-state index in [2.05, 4.69) is 27.4 Å². The molecule has 3 rings (SSSR count). The molecule has 2 N–H and O–H groups in total. The molecule has 8 nitrogen and oxygen atoms in total. The van der Waals surface area contributed by atoms with Crippen LogP contribution in [0.25, 0.3) is 0 Å². The average molecular weight is 514 g/mol. The largest absolute Gasteiger partial charge is 0.495 e. The van der Waals surface area contributed by atoms with Gasteiger partial charge in [0.05, 0.1) is 35.2 Å². The Hall–Kier alpha value is -3.30. The molecule has 2 aromatic carbocycles. The number of ether oxygens (including phenoxy) is 1. The summed E-state index contributed by atoms with van der Waals surface area (Å²) < 4.78 is 7.13. The van der Waals surface area contributed by atoms with E-state index in [9.17, 15) is 9.59 Å². The van der Waals surface area contributed by atoms with Crippen molar-refractivity contribution in [2.75, 3.05) is 18.2 Å². The van der Waals surface area contributed by atoms with Crippen LogP contribution in [-0.2, 0) is 11.3 Å². The number of rotatable bonds is 11. The number of thioether (sulfide) groups is 1. The van der Waals surface area contributed by atoms with Crippen molar-refractivity contribution in [1.29, 1.82) is 0 Å². The molecule has 3 aromatic rings. The first-order valence-corrected chi connectivity index (χ1v) is 12.4. The number of nitrogens with one attached hydrogen (secondary N) is 2. The van der Waals surface area contributed by atoms with Gasteiger partial charge in [-0.15, -0.1) is 16.8 Å². The van der Waals surface area contributed by atoms with Crippen molar-refractivity contribution in [2.45, 2.75) is 31.6 Å². The van der Waals surface area contributed by atoms with Gasteiger partial charge in [0.25, 0.3) is 5.91 Å². The fourth-order valence-electron chi connectivity index (χ4n) is 3.40. The van der Waals surface area contributed by atoms with Crippen molar-refractivity contribution in [2.24, 2.45) is 5.92 Å². The number of hydrogen-bond donors (Lipinski definition) is 2. The van der Waals surface area contributed by atoms with Gasteiger partial charge in [0, 0.05) is 6.54 Å². The molecule has 0 aliphatic heterocycles. The van der Waals surface area contributed by atoms with Gasteiger partial charge < -0.3 is 19.9 Å². The minimum Gasteiger partial charge on any atom is -0.495 e. The van der Waals surface area contributed by atoms with Crippen LogP contribution in [0.4, 0.5) is 5.69 Å². The number of hydrogen-bond acceptors (Lipinski definition) is 6. The molecule has 0 fully saturated rings. The number of halogens is 1. The molecule has 184 valence electrons. The summed E-state index contributed by atoms with van der Waals surface area (Å²) in [6.45, 7) is 8.22. The monoisotopic (exact) mass is 513 g/mol. The van der Waals surface area contributed by atoms with Crippen molar-refractivity contribution in [1.82, 2.24) is 20.1 Å². The highest BCUT2D eigenvalue weighted by molar-refractivity contribution is 7.99. The highest BCUT2D eigenvalue weighted by atomic mass is 35.5. The number of methoxy groups -OCH3 is 1. The van der Waals surface area contributed by atoms with Crippen molar-refractivity contribution < 1.29 is 14.3 Å². The van der Waals surface area contributed by atoms with E-state index in [1.807, 2.05) is 30.5 Å². The first-order chi connectivity index (χ1) is 16.8. The van der Waals surface area contributed by atoms with E-state index in [-0.39, 0.29) is 23.5 Å². The van der Waals surface area contributed by atoms with E-state index in [1.54, 1.807) is 49.6 Å². The lowest BCUT2D eigenvalue weighted by Crippen LogP contribution is -2.34. The highest BCUT2D eigenvalue weighted by Crippen LogP contribution is 2.27. The van der Waals surface area contributed by atoms with E-state index in [1.165, 1.54) is 11.8 Å². The van der Waals surface area contributed by atoms with E-state index < -0.39 is 6.04 Å². The van der Waals surface area contributed by atoms with Gasteiger partial charge in [-0.1, -0.05) is 67.6 Å². The van der Waals surface area contributed by atoms with Crippen LogP contribution in [0.2, 0.25) is 5.02 Å². The van der Waals surface area contributed by atoms with E-state index in [0.29, 0.717) is 39.5 Å². The summed E-state index contributed by atoms with van der Waals surface area (Å²) in [5.74, 6) is 0.784. The Morgan fingerprint density at radius 3 is 2.57 bits per heavy atom. The van der Waals surface area contributed by atoms with Crippen molar-refractivity contribution in [3.8, 4) is 5.75 Å². The zero-order valence-electron chi connectivity index (χ0n) is 19.8. The molecule has 0 aliphatic carbocycles. The Morgan fingerprint density at radius 1 is 1.17 bits per heavy atom. The van der Waals surface area contributed by atoms with Gasteiger partial charge >= 0.3 is 0 Å². The van der Waals surface area contributed by atoms with Crippen LogP contribution in [-0.4, -0.2) is 39.4 Å². The van der Waals surface area contributed by atoms with Crippen LogP contribution in [0.3, 0.4) is 0 Å². The number of nitrogens with zero attached hydrogens (tertiary/aromatic N) is 3.